The number of hydrogen-bond donors (Lipinski definition) is 1. The molecule has 1 saturated heterocycles. The minimum Gasteiger partial charge on any atom is -0.383 e. The molecule has 1 aliphatic heterocycles. The number of nitrogens with one attached hydrogen (secondary N) is 1. The third kappa shape index (κ3) is 5.65. The van der Waals surface area contributed by atoms with E-state index in [1.54, 1.807) is 12.0 Å². The second-order valence-electron chi connectivity index (χ2n) is 6.58. The summed E-state index contributed by atoms with van der Waals surface area (Å²) in [5, 5.41) is 2.67. The monoisotopic (exact) mass is 415 g/mol. The largest absolute Gasteiger partial charge is 0.383 e. The summed E-state index contributed by atoms with van der Waals surface area (Å²) in [6.45, 7) is 2.72. The average Bonchev–Trinajstić information content (AvgIpc) is 2.98. The van der Waals surface area contributed by atoms with Gasteiger partial charge in [-0.2, -0.15) is 0 Å². The number of hydrogen-bond acceptors (Lipinski definition) is 5. The zero-order chi connectivity index (χ0) is 20.8. The molecule has 0 radical (unpaired) electrons. The van der Waals surface area contributed by atoms with Gasteiger partial charge in [0.1, 0.15) is 11.1 Å². The number of carbonyl (C=O) groups is 2. The molecular weight excluding hydrogens is 393 g/mol. The summed E-state index contributed by atoms with van der Waals surface area (Å²) in [5.74, 6) is -0.867. The van der Waals surface area contributed by atoms with Gasteiger partial charge in [0.05, 0.1) is 18.8 Å². The summed E-state index contributed by atoms with van der Waals surface area (Å²) in [7, 11) is 1.57. The van der Waals surface area contributed by atoms with Crippen LogP contribution in [0.15, 0.2) is 53.5 Å². The van der Waals surface area contributed by atoms with E-state index >= 15 is 0 Å². The molecule has 0 saturated carbocycles. The van der Waals surface area contributed by atoms with Gasteiger partial charge in [0.15, 0.2) is 5.17 Å². The molecule has 1 atom stereocenters. The van der Waals surface area contributed by atoms with E-state index in [9.17, 15) is 14.0 Å². The first-order valence-electron chi connectivity index (χ1n) is 9.14. The van der Waals surface area contributed by atoms with E-state index in [2.05, 4.69) is 10.3 Å². The number of amidine groups is 1. The summed E-state index contributed by atoms with van der Waals surface area (Å²) in [5.41, 5.74) is 2.34. The maximum atomic E-state index is 13.0. The van der Waals surface area contributed by atoms with Crippen molar-refractivity contribution < 1.29 is 18.7 Å². The maximum absolute atomic E-state index is 13.0. The number of nitrogens with zero attached hydrogens (tertiary/aromatic N) is 2. The fraction of sp³-hybridized carbons (Fsp3) is 0.286. The maximum Gasteiger partial charge on any atom is 0.242 e. The van der Waals surface area contributed by atoms with Crippen molar-refractivity contribution >= 4 is 40.1 Å². The molecule has 1 N–H and O–H groups in total. The van der Waals surface area contributed by atoms with Gasteiger partial charge < -0.3 is 10.1 Å². The van der Waals surface area contributed by atoms with E-state index in [1.165, 1.54) is 36.0 Å². The number of ether oxygens (including phenoxy) is 1. The van der Waals surface area contributed by atoms with Crippen LogP contribution in [0.3, 0.4) is 0 Å². The van der Waals surface area contributed by atoms with Crippen LogP contribution in [0.4, 0.5) is 15.8 Å². The quantitative estimate of drug-likeness (QED) is 0.748. The minimum absolute atomic E-state index is 0.00270. The molecule has 0 aliphatic carbocycles. The molecule has 8 heteroatoms. The molecule has 1 heterocycles. The molecule has 6 nitrogen and oxygen atoms in total. The topological polar surface area (TPSA) is 71.0 Å². The Morgan fingerprint density at radius 1 is 1.21 bits per heavy atom. The highest BCUT2D eigenvalue weighted by molar-refractivity contribution is 8.15. The zero-order valence-electron chi connectivity index (χ0n) is 16.2. The molecule has 2 amide bonds. The molecule has 29 heavy (non-hydrogen) atoms. The van der Waals surface area contributed by atoms with Crippen molar-refractivity contribution in [3.05, 3.63) is 59.9 Å². The van der Waals surface area contributed by atoms with Crippen LogP contribution < -0.4 is 5.32 Å². The molecule has 3 rings (SSSR count). The van der Waals surface area contributed by atoms with Crippen molar-refractivity contribution in [2.75, 3.05) is 25.6 Å². The number of rotatable bonds is 7. The number of benzene rings is 2. The number of anilines is 1. The Hall–Kier alpha value is -2.71. The third-order valence-electron chi connectivity index (χ3n) is 4.30. The Labute approximate surface area is 173 Å². The van der Waals surface area contributed by atoms with Crippen LogP contribution in [0.25, 0.3) is 0 Å². The lowest BCUT2D eigenvalue weighted by atomic mass is 10.2. The second kappa shape index (κ2) is 9.67. The highest BCUT2D eigenvalue weighted by Gasteiger charge is 2.39. The summed E-state index contributed by atoms with van der Waals surface area (Å²) in [6, 6.07) is 13.2. The number of methoxy groups -OCH3 is 1. The lowest BCUT2D eigenvalue weighted by Crippen LogP contribution is -2.35. The van der Waals surface area contributed by atoms with Crippen molar-refractivity contribution in [1.29, 1.82) is 0 Å². The number of halogens is 1. The third-order valence-corrected chi connectivity index (χ3v) is 5.47. The van der Waals surface area contributed by atoms with Gasteiger partial charge in [0, 0.05) is 19.2 Å². The van der Waals surface area contributed by atoms with Gasteiger partial charge in [0.2, 0.25) is 11.8 Å². The smallest absolute Gasteiger partial charge is 0.242 e. The van der Waals surface area contributed by atoms with E-state index in [4.69, 9.17) is 4.74 Å². The van der Waals surface area contributed by atoms with Crippen LogP contribution in [-0.4, -0.2) is 47.4 Å². The molecule has 2 aromatic carbocycles. The minimum atomic E-state index is -0.573. The standard InChI is InChI=1S/C21H22FN3O3S/c1-14-3-7-17(8-4-14)24-21-25(11-12-28-2)20(27)18(29-21)13-19(26)23-16-9-5-15(22)6-10-16/h3-10,18H,11-13H2,1-2H3,(H,23,26). The van der Waals surface area contributed by atoms with Crippen LogP contribution in [0.5, 0.6) is 0 Å². The summed E-state index contributed by atoms with van der Waals surface area (Å²) >= 11 is 1.27. The Kier molecular flexibility index (Phi) is 7.00. The molecule has 0 aromatic heterocycles. The van der Waals surface area contributed by atoms with E-state index < -0.39 is 5.25 Å². The van der Waals surface area contributed by atoms with Crippen molar-refractivity contribution in [2.24, 2.45) is 4.99 Å². The second-order valence-corrected chi connectivity index (χ2v) is 7.75. The average molecular weight is 415 g/mol. The van der Waals surface area contributed by atoms with Crippen molar-refractivity contribution in [2.45, 2.75) is 18.6 Å². The van der Waals surface area contributed by atoms with Crippen molar-refractivity contribution in [1.82, 2.24) is 4.90 Å². The highest BCUT2D eigenvalue weighted by atomic mass is 32.2. The van der Waals surface area contributed by atoms with Gasteiger partial charge in [-0.3, -0.25) is 14.5 Å². The van der Waals surface area contributed by atoms with Crippen molar-refractivity contribution in [3.8, 4) is 0 Å². The summed E-state index contributed by atoms with van der Waals surface area (Å²) < 4.78 is 18.1. The number of aliphatic imine (C=N–C) groups is 1. The van der Waals surface area contributed by atoms with Gasteiger partial charge in [0.25, 0.3) is 0 Å². The fourth-order valence-corrected chi connectivity index (χ4v) is 3.94. The first kappa shape index (κ1) is 21.0. The number of thioether (sulfide) groups is 1. The highest BCUT2D eigenvalue weighted by Crippen LogP contribution is 2.31. The van der Waals surface area contributed by atoms with Crippen molar-refractivity contribution in [3.63, 3.8) is 0 Å². The molecule has 0 spiro atoms. The lowest BCUT2D eigenvalue weighted by Gasteiger charge is -2.15. The fourth-order valence-electron chi connectivity index (χ4n) is 2.76. The van der Waals surface area contributed by atoms with Gasteiger partial charge in [-0.05, 0) is 43.3 Å². The summed E-state index contributed by atoms with van der Waals surface area (Å²) in [4.78, 5) is 31.4. The van der Waals surface area contributed by atoms with Crippen LogP contribution in [-0.2, 0) is 14.3 Å². The van der Waals surface area contributed by atoms with Gasteiger partial charge in [-0.15, -0.1) is 0 Å². The predicted octanol–water partition coefficient (Wildman–Crippen LogP) is 3.74. The van der Waals surface area contributed by atoms with Gasteiger partial charge >= 0.3 is 0 Å². The summed E-state index contributed by atoms with van der Waals surface area (Å²) in [6.07, 6.45) is -0.00270. The Morgan fingerprint density at radius 2 is 1.90 bits per heavy atom. The molecule has 152 valence electrons. The van der Waals surface area contributed by atoms with E-state index in [0.29, 0.717) is 24.0 Å². The number of carbonyl (C=O) groups excluding carboxylic acids is 2. The van der Waals surface area contributed by atoms with Gasteiger partial charge in [-0.25, -0.2) is 9.38 Å². The number of aryl methyl sites for hydroxylation is 1. The van der Waals surface area contributed by atoms with Crippen LogP contribution >= 0.6 is 11.8 Å². The van der Waals surface area contributed by atoms with Crippen LogP contribution in [0, 0.1) is 12.7 Å². The van der Waals surface area contributed by atoms with Crippen LogP contribution in [0.1, 0.15) is 12.0 Å². The molecule has 2 aromatic rings. The SMILES string of the molecule is COCCN1C(=O)C(CC(=O)Nc2ccc(F)cc2)SC1=Nc1ccc(C)cc1. The first-order chi connectivity index (χ1) is 14.0. The number of amides is 2. The Balaban J connectivity index is 1.72. The van der Waals surface area contributed by atoms with Gasteiger partial charge in [-0.1, -0.05) is 29.5 Å². The Morgan fingerprint density at radius 3 is 2.55 bits per heavy atom. The molecular formula is C21H22FN3O3S. The Bertz CT molecular complexity index is 900. The molecule has 1 fully saturated rings. The lowest BCUT2D eigenvalue weighted by molar-refractivity contribution is -0.128. The van der Waals surface area contributed by atoms with E-state index in [0.717, 1.165) is 11.3 Å². The normalized spacial score (nSPS) is 17.8. The zero-order valence-corrected chi connectivity index (χ0v) is 17.0. The van der Waals surface area contributed by atoms with E-state index in [1.807, 2.05) is 31.2 Å². The predicted molar refractivity (Wildman–Crippen MR) is 113 cm³/mol. The first-order valence-corrected chi connectivity index (χ1v) is 10.0. The van der Waals surface area contributed by atoms with E-state index in [-0.39, 0.29) is 24.1 Å². The van der Waals surface area contributed by atoms with Crippen LogP contribution in [0.2, 0.25) is 0 Å². The molecule has 0 bridgehead atoms. The molecule has 1 aliphatic rings. The molecule has 1 unspecified atom stereocenters.